The van der Waals surface area contributed by atoms with E-state index in [0.29, 0.717) is 6.61 Å². The maximum Gasteiger partial charge on any atom is 0.137 e. The number of ether oxygens (including phenoxy) is 1. The summed E-state index contributed by atoms with van der Waals surface area (Å²) in [6.45, 7) is 4.26. The summed E-state index contributed by atoms with van der Waals surface area (Å²) in [5.41, 5.74) is 1.10. The monoisotopic (exact) mass is 255 g/mol. The van der Waals surface area contributed by atoms with Gasteiger partial charge in [-0.2, -0.15) is 0 Å². The molecule has 2 nitrogen and oxygen atoms in total. The van der Waals surface area contributed by atoms with Gasteiger partial charge >= 0.3 is 0 Å². The lowest BCUT2D eigenvalue weighted by Crippen LogP contribution is -2.28. The molecule has 1 aliphatic heterocycles. The summed E-state index contributed by atoms with van der Waals surface area (Å²) in [7, 11) is 0. The topological polar surface area (TPSA) is 21.3 Å². The Labute approximate surface area is 106 Å². The van der Waals surface area contributed by atoms with E-state index in [1.165, 1.54) is 6.07 Å². The number of halogens is 1. The number of thioether (sulfide) groups is 1. The number of rotatable bonds is 5. The highest BCUT2D eigenvalue weighted by Crippen LogP contribution is 2.37. The van der Waals surface area contributed by atoms with Crippen LogP contribution in [0.4, 0.5) is 4.39 Å². The van der Waals surface area contributed by atoms with Gasteiger partial charge in [-0.3, -0.25) is 0 Å². The zero-order chi connectivity index (χ0) is 12.1. The second-order valence-electron chi connectivity index (χ2n) is 4.00. The van der Waals surface area contributed by atoms with Crippen LogP contribution in [0.5, 0.6) is 0 Å². The van der Waals surface area contributed by atoms with Crippen LogP contribution < -0.4 is 5.32 Å². The standard InChI is InChI=1S/C13H18FNOS/c1-2-16-8-7-15-12-6-9-17-13-10(12)4-3-5-11(13)14/h3-5,12,15H,2,6-9H2,1H3. The molecule has 0 bridgehead atoms. The second kappa shape index (κ2) is 6.38. The van der Waals surface area contributed by atoms with Gasteiger partial charge in [0.1, 0.15) is 5.82 Å². The first-order valence-corrected chi connectivity index (χ1v) is 7.04. The van der Waals surface area contributed by atoms with Crippen molar-refractivity contribution in [3.63, 3.8) is 0 Å². The van der Waals surface area contributed by atoms with Gasteiger partial charge < -0.3 is 10.1 Å². The van der Waals surface area contributed by atoms with Crippen molar-refractivity contribution in [3.05, 3.63) is 29.6 Å². The first-order chi connectivity index (χ1) is 8.33. The molecule has 1 aromatic carbocycles. The Balaban J connectivity index is 1.99. The van der Waals surface area contributed by atoms with Crippen molar-refractivity contribution in [2.75, 3.05) is 25.5 Å². The molecule has 4 heteroatoms. The Hall–Kier alpha value is -0.580. The van der Waals surface area contributed by atoms with Gasteiger partial charge in [-0.05, 0) is 30.7 Å². The second-order valence-corrected chi connectivity index (χ2v) is 5.10. The molecule has 94 valence electrons. The molecular formula is C13H18FNOS. The minimum Gasteiger partial charge on any atom is -0.380 e. The summed E-state index contributed by atoms with van der Waals surface area (Å²) in [5.74, 6) is 0.879. The predicted octanol–water partition coefficient (Wildman–Crippen LogP) is 2.99. The Bertz CT molecular complexity index is 372. The number of nitrogens with one attached hydrogen (secondary N) is 1. The molecule has 0 saturated heterocycles. The van der Waals surface area contributed by atoms with Gasteiger partial charge in [-0.25, -0.2) is 4.39 Å². The average Bonchev–Trinajstić information content (AvgIpc) is 2.36. The first kappa shape index (κ1) is 12.9. The highest BCUT2D eigenvalue weighted by molar-refractivity contribution is 7.99. The van der Waals surface area contributed by atoms with Gasteiger partial charge in [0.05, 0.1) is 6.61 Å². The van der Waals surface area contributed by atoms with Gasteiger partial charge in [0, 0.05) is 24.1 Å². The molecule has 1 heterocycles. The number of hydrogen-bond acceptors (Lipinski definition) is 3. The third-order valence-electron chi connectivity index (χ3n) is 2.87. The van der Waals surface area contributed by atoms with Crippen LogP contribution in [0.2, 0.25) is 0 Å². The molecule has 1 N–H and O–H groups in total. The van der Waals surface area contributed by atoms with Gasteiger partial charge in [0.15, 0.2) is 0 Å². The molecule has 1 aromatic rings. The summed E-state index contributed by atoms with van der Waals surface area (Å²) in [5, 5.41) is 3.43. The quantitative estimate of drug-likeness (QED) is 0.817. The molecular weight excluding hydrogens is 237 g/mol. The lowest BCUT2D eigenvalue weighted by Gasteiger charge is -2.26. The molecule has 0 aromatic heterocycles. The fraction of sp³-hybridized carbons (Fsp3) is 0.538. The predicted molar refractivity (Wildman–Crippen MR) is 69.0 cm³/mol. The van der Waals surface area contributed by atoms with E-state index in [1.54, 1.807) is 17.8 Å². The fourth-order valence-electron chi connectivity index (χ4n) is 2.05. The van der Waals surface area contributed by atoms with Crippen LogP contribution >= 0.6 is 11.8 Å². The highest BCUT2D eigenvalue weighted by atomic mass is 32.2. The number of fused-ring (bicyclic) bond motifs is 1. The Morgan fingerprint density at radius 1 is 1.53 bits per heavy atom. The number of hydrogen-bond donors (Lipinski definition) is 1. The minimum atomic E-state index is -0.0937. The molecule has 0 spiro atoms. The fourth-order valence-corrected chi connectivity index (χ4v) is 3.19. The van der Waals surface area contributed by atoms with Crippen LogP contribution in [-0.2, 0) is 4.74 Å². The molecule has 1 atom stereocenters. The maximum atomic E-state index is 13.6. The largest absolute Gasteiger partial charge is 0.380 e. The molecule has 0 fully saturated rings. The van der Waals surface area contributed by atoms with Crippen molar-refractivity contribution in [2.45, 2.75) is 24.3 Å². The van der Waals surface area contributed by atoms with E-state index < -0.39 is 0 Å². The van der Waals surface area contributed by atoms with E-state index in [0.717, 1.165) is 35.8 Å². The van der Waals surface area contributed by atoms with Gasteiger partial charge in [-0.15, -0.1) is 11.8 Å². The van der Waals surface area contributed by atoms with Gasteiger partial charge in [-0.1, -0.05) is 12.1 Å². The molecule has 1 unspecified atom stereocenters. The summed E-state index contributed by atoms with van der Waals surface area (Å²) < 4.78 is 18.9. The Morgan fingerprint density at radius 2 is 2.41 bits per heavy atom. The minimum absolute atomic E-state index is 0.0937. The SMILES string of the molecule is CCOCCNC1CCSc2c(F)cccc21. The van der Waals surface area contributed by atoms with Crippen molar-refractivity contribution >= 4 is 11.8 Å². The molecule has 0 radical (unpaired) electrons. The maximum absolute atomic E-state index is 13.6. The van der Waals surface area contributed by atoms with E-state index in [-0.39, 0.29) is 11.9 Å². The summed E-state index contributed by atoms with van der Waals surface area (Å²) >= 11 is 1.62. The van der Waals surface area contributed by atoms with E-state index in [9.17, 15) is 4.39 Å². The summed E-state index contributed by atoms with van der Waals surface area (Å²) in [4.78, 5) is 0.813. The van der Waals surface area contributed by atoms with Crippen LogP contribution in [0.3, 0.4) is 0 Å². The molecule has 0 aliphatic carbocycles. The Kier molecular flexibility index (Phi) is 4.83. The molecule has 0 saturated carbocycles. The smallest absolute Gasteiger partial charge is 0.137 e. The summed E-state index contributed by atoms with van der Waals surface area (Å²) in [6, 6.07) is 5.61. The average molecular weight is 255 g/mol. The zero-order valence-electron chi connectivity index (χ0n) is 10.0. The molecule has 1 aliphatic rings. The van der Waals surface area contributed by atoms with Gasteiger partial charge in [0.25, 0.3) is 0 Å². The van der Waals surface area contributed by atoms with Crippen molar-refractivity contribution in [1.82, 2.24) is 5.32 Å². The third kappa shape index (κ3) is 3.21. The van der Waals surface area contributed by atoms with Crippen LogP contribution in [0.1, 0.15) is 24.9 Å². The highest BCUT2D eigenvalue weighted by Gasteiger charge is 2.22. The van der Waals surface area contributed by atoms with Crippen molar-refractivity contribution in [2.24, 2.45) is 0 Å². The van der Waals surface area contributed by atoms with Crippen LogP contribution in [0.15, 0.2) is 23.1 Å². The van der Waals surface area contributed by atoms with E-state index >= 15 is 0 Å². The Morgan fingerprint density at radius 3 is 3.24 bits per heavy atom. The van der Waals surface area contributed by atoms with E-state index in [4.69, 9.17) is 4.74 Å². The van der Waals surface area contributed by atoms with Crippen molar-refractivity contribution in [3.8, 4) is 0 Å². The van der Waals surface area contributed by atoms with E-state index in [1.807, 2.05) is 13.0 Å². The molecule has 2 rings (SSSR count). The zero-order valence-corrected chi connectivity index (χ0v) is 10.9. The number of benzene rings is 1. The van der Waals surface area contributed by atoms with Crippen molar-refractivity contribution < 1.29 is 9.13 Å². The van der Waals surface area contributed by atoms with Crippen LogP contribution in [0, 0.1) is 5.82 Å². The normalized spacial score (nSPS) is 19.1. The third-order valence-corrected chi connectivity index (χ3v) is 4.03. The van der Waals surface area contributed by atoms with Gasteiger partial charge in [0.2, 0.25) is 0 Å². The van der Waals surface area contributed by atoms with Crippen LogP contribution in [0.25, 0.3) is 0 Å². The first-order valence-electron chi connectivity index (χ1n) is 6.05. The van der Waals surface area contributed by atoms with E-state index in [2.05, 4.69) is 5.32 Å². The van der Waals surface area contributed by atoms with Crippen molar-refractivity contribution in [1.29, 1.82) is 0 Å². The lowest BCUT2D eigenvalue weighted by atomic mass is 10.0. The lowest BCUT2D eigenvalue weighted by molar-refractivity contribution is 0.146. The molecule has 17 heavy (non-hydrogen) atoms. The summed E-state index contributed by atoms with van der Waals surface area (Å²) in [6.07, 6.45) is 1.05. The van der Waals surface area contributed by atoms with Crippen LogP contribution in [-0.4, -0.2) is 25.5 Å². The molecule has 0 amide bonds.